The maximum atomic E-state index is 12.1. The Morgan fingerprint density at radius 1 is 1.13 bits per heavy atom. The third-order valence-electron chi connectivity index (χ3n) is 3.65. The first kappa shape index (κ1) is 14.7. The van der Waals surface area contributed by atoms with E-state index in [2.05, 4.69) is 0 Å². The van der Waals surface area contributed by atoms with Crippen LogP contribution in [0, 0.1) is 0 Å². The number of carbonyl (C=O) groups is 3. The number of hydrogen-bond donors (Lipinski definition) is 3. The van der Waals surface area contributed by atoms with Crippen molar-refractivity contribution in [3.05, 3.63) is 59.2 Å². The Morgan fingerprint density at radius 3 is 2.48 bits per heavy atom. The highest BCUT2D eigenvalue weighted by atomic mass is 16.5. The molecule has 0 aromatic heterocycles. The third kappa shape index (κ3) is 2.53. The van der Waals surface area contributed by atoms with Crippen LogP contribution < -0.4 is 16.1 Å². The molecule has 3 rings (SSSR count). The zero-order chi connectivity index (χ0) is 16.6. The Bertz CT molecular complexity index is 815. The van der Waals surface area contributed by atoms with E-state index in [1.165, 1.54) is 23.1 Å². The molecule has 2 aromatic carbocycles. The molecule has 0 fully saturated rings. The molecule has 1 heterocycles. The van der Waals surface area contributed by atoms with Crippen molar-refractivity contribution in [2.75, 3.05) is 10.6 Å². The molecule has 116 valence electrons. The minimum Gasteiger partial charge on any atom is -0.399 e. The molecule has 0 bridgehead atoms. The van der Waals surface area contributed by atoms with Gasteiger partial charge < -0.3 is 10.6 Å². The first-order valence-corrected chi connectivity index (χ1v) is 6.80. The zero-order valence-corrected chi connectivity index (χ0v) is 11.9. The number of nitrogen functional groups attached to an aromatic ring is 1. The van der Waals surface area contributed by atoms with Crippen LogP contribution in [0.15, 0.2) is 42.5 Å². The molecule has 0 radical (unpaired) electrons. The van der Waals surface area contributed by atoms with Crippen molar-refractivity contribution in [2.45, 2.75) is 6.54 Å². The van der Waals surface area contributed by atoms with Gasteiger partial charge in [-0.1, -0.05) is 12.1 Å². The van der Waals surface area contributed by atoms with Gasteiger partial charge in [0.25, 0.3) is 17.6 Å². The third-order valence-corrected chi connectivity index (χ3v) is 3.65. The number of benzene rings is 2. The zero-order valence-electron chi connectivity index (χ0n) is 11.9. The van der Waals surface area contributed by atoms with Crippen molar-refractivity contribution in [3.8, 4) is 0 Å². The van der Waals surface area contributed by atoms with Crippen LogP contribution in [-0.2, 0) is 11.3 Å². The number of ketones is 1. The van der Waals surface area contributed by atoms with Gasteiger partial charge in [0, 0.05) is 11.3 Å². The SMILES string of the molecule is Nc1ccc2c(c1)C(=O)C(=O)N2Cc1ccc(C(=O)NO)cc1. The van der Waals surface area contributed by atoms with Crippen LogP contribution in [0.1, 0.15) is 26.3 Å². The van der Waals surface area contributed by atoms with E-state index in [1.807, 2.05) is 0 Å². The number of rotatable bonds is 3. The molecule has 4 N–H and O–H groups in total. The quantitative estimate of drug-likeness (QED) is 0.340. The average Bonchev–Trinajstić information content (AvgIpc) is 2.79. The Hall–Kier alpha value is -3.19. The lowest BCUT2D eigenvalue weighted by molar-refractivity contribution is -0.114. The van der Waals surface area contributed by atoms with Crippen molar-refractivity contribution in [1.29, 1.82) is 0 Å². The molecular formula is C16H13N3O4. The van der Waals surface area contributed by atoms with E-state index in [0.29, 0.717) is 16.9 Å². The van der Waals surface area contributed by atoms with Crippen LogP contribution in [0.4, 0.5) is 11.4 Å². The molecule has 1 aliphatic rings. The summed E-state index contributed by atoms with van der Waals surface area (Å²) >= 11 is 0. The number of carbonyl (C=O) groups excluding carboxylic acids is 3. The van der Waals surface area contributed by atoms with Gasteiger partial charge in [0.2, 0.25) is 0 Å². The molecule has 0 saturated carbocycles. The largest absolute Gasteiger partial charge is 0.399 e. The second-order valence-corrected chi connectivity index (χ2v) is 5.13. The lowest BCUT2D eigenvalue weighted by Crippen LogP contribution is -2.29. The topological polar surface area (TPSA) is 113 Å². The number of Topliss-reactive ketones (excluding diaryl/α,β-unsaturated/α-hetero) is 1. The predicted octanol–water partition coefficient (Wildman–Crippen LogP) is 1.12. The number of hydroxylamine groups is 1. The number of anilines is 2. The summed E-state index contributed by atoms with van der Waals surface area (Å²) in [5.41, 5.74) is 9.47. The van der Waals surface area contributed by atoms with E-state index >= 15 is 0 Å². The van der Waals surface area contributed by atoms with Gasteiger partial charge in [0.05, 0.1) is 17.8 Å². The van der Waals surface area contributed by atoms with Crippen LogP contribution >= 0.6 is 0 Å². The van der Waals surface area contributed by atoms with E-state index in [-0.39, 0.29) is 12.1 Å². The van der Waals surface area contributed by atoms with E-state index in [4.69, 9.17) is 10.9 Å². The predicted molar refractivity (Wildman–Crippen MR) is 82.1 cm³/mol. The summed E-state index contributed by atoms with van der Waals surface area (Å²) in [5.74, 6) is -1.81. The highest BCUT2D eigenvalue weighted by Crippen LogP contribution is 2.31. The molecule has 0 atom stereocenters. The van der Waals surface area contributed by atoms with Gasteiger partial charge in [-0.05, 0) is 35.9 Å². The van der Waals surface area contributed by atoms with E-state index in [0.717, 1.165) is 5.56 Å². The Balaban J connectivity index is 1.88. The van der Waals surface area contributed by atoms with Gasteiger partial charge >= 0.3 is 0 Å². The second kappa shape index (κ2) is 5.54. The fourth-order valence-corrected chi connectivity index (χ4v) is 2.48. The second-order valence-electron chi connectivity index (χ2n) is 5.13. The molecule has 2 aromatic rings. The minimum absolute atomic E-state index is 0.197. The van der Waals surface area contributed by atoms with Gasteiger partial charge in [-0.3, -0.25) is 19.6 Å². The average molecular weight is 311 g/mol. The van der Waals surface area contributed by atoms with Gasteiger partial charge in [-0.15, -0.1) is 0 Å². The molecule has 0 aliphatic carbocycles. The Labute approximate surface area is 131 Å². The van der Waals surface area contributed by atoms with Gasteiger partial charge in [0.15, 0.2) is 0 Å². The molecule has 0 spiro atoms. The van der Waals surface area contributed by atoms with Gasteiger partial charge in [0.1, 0.15) is 0 Å². The summed E-state index contributed by atoms with van der Waals surface area (Å²) in [6.07, 6.45) is 0. The molecule has 2 amide bonds. The summed E-state index contributed by atoms with van der Waals surface area (Å²) in [4.78, 5) is 36.8. The minimum atomic E-state index is -0.621. The number of hydrogen-bond acceptors (Lipinski definition) is 5. The van der Waals surface area contributed by atoms with E-state index in [9.17, 15) is 14.4 Å². The molecule has 7 heteroatoms. The van der Waals surface area contributed by atoms with Crippen LogP contribution in [0.25, 0.3) is 0 Å². The van der Waals surface area contributed by atoms with Crippen molar-refractivity contribution in [2.24, 2.45) is 0 Å². The molecule has 7 nitrogen and oxygen atoms in total. The first-order valence-electron chi connectivity index (χ1n) is 6.80. The summed E-state index contributed by atoms with van der Waals surface area (Å²) in [7, 11) is 0. The molecule has 23 heavy (non-hydrogen) atoms. The number of nitrogens with two attached hydrogens (primary N) is 1. The molecule has 0 unspecified atom stereocenters. The summed E-state index contributed by atoms with van der Waals surface area (Å²) in [6.45, 7) is 0.197. The van der Waals surface area contributed by atoms with E-state index in [1.54, 1.807) is 29.7 Å². The normalized spacial score (nSPS) is 13.2. The number of fused-ring (bicyclic) bond motifs is 1. The number of nitrogens with zero attached hydrogens (tertiary/aromatic N) is 1. The highest BCUT2D eigenvalue weighted by molar-refractivity contribution is 6.52. The Kier molecular flexibility index (Phi) is 3.55. The van der Waals surface area contributed by atoms with Crippen LogP contribution in [0.2, 0.25) is 0 Å². The lowest BCUT2D eigenvalue weighted by Gasteiger charge is -2.16. The number of nitrogens with one attached hydrogen (secondary N) is 1. The maximum Gasteiger partial charge on any atom is 0.299 e. The standard InChI is InChI=1S/C16H13N3O4/c17-11-5-6-13-12(7-11)14(20)16(22)19(13)8-9-1-3-10(4-2-9)15(21)18-23/h1-7,23H,8,17H2,(H,18,21). The lowest BCUT2D eigenvalue weighted by atomic mass is 10.1. The Morgan fingerprint density at radius 2 is 1.83 bits per heavy atom. The molecule has 1 aliphatic heterocycles. The smallest absolute Gasteiger partial charge is 0.299 e. The van der Waals surface area contributed by atoms with Crippen LogP contribution in [0.5, 0.6) is 0 Å². The van der Waals surface area contributed by atoms with E-state index < -0.39 is 17.6 Å². The summed E-state index contributed by atoms with van der Waals surface area (Å²) in [6, 6.07) is 11.1. The highest BCUT2D eigenvalue weighted by Gasteiger charge is 2.35. The monoisotopic (exact) mass is 311 g/mol. The van der Waals surface area contributed by atoms with Crippen LogP contribution in [-0.4, -0.2) is 22.8 Å². The van der Waals surface area contributed by atoms with Gasteiger partial charge in [-0.2, -0.15) is 0 Å². The summed E-state index contributed by atoms with van der Waals surface area (Å²) < 4.78 is 0. The van der Waals surface area contributed by atoms with Crippen LogP contribution in [0.3, 0.4) is 0 Å². The first-order chi connectivity index (χ1) is 11.0. The fourth-order valence-electron chi connectivity index (χ4n) is 2.48. The van der Waals surface area contributed by atoms with Crippen molar-refractivity contribution in [3.63, 3.8) is 0 Å². The maximum absolute atomic E-state index is 12.1. The van der Waals surface area contributed by atoms with Crippen molar-refractivity contribution >= 4 is 29.0 Å². The fraction of sp³-hybridized carbons (Fsp3) is 0.0625. The molecule has 0 saturated heterocycles. The summed E-state index contributed by atoms with van der Waals surface area (Å²) in [5, 5.41) is 8.58. The van der Waals surface area contributed by atoms with Crippen molar-refractivity contribution < 1.29 is 19.6 Å². The van der Waals surface area contributed by atoms with Gasteiger partial charge in [-0.25, -0.2) is 5.48 Å². The number of amides is 2. The van der Waals surface area contributed by atoms with Crippen molar-refractivity contribution in [1.82, 2.24) is 5.48 Å². The molecular weight excluding hydrogens is 298 g/mol.